The van der Waals surface area contributed by atoms with E-state index in [0.29, 0.717) is 5.92 Å². The van der Waals surface area contributed by atoms with Crippen molar-refractivity contribution in [3.05, 3.63) is 11.6 Å². The topological polar surface area (TPSA) is 26.3 Å². The number of rotatable bonds is 2. The normalized spacial score (nSPS) is 32.6. The second-order valence-electron chi connectivity index (χ2n) is 5.38. The Morgan fingerprint density at radius 3 is 2.53 bits per heavy atom. The Morgan fingerprint density at radius 2 is 2.00 bits per heavy atom. The SMILES string of the molecule is COC(=O)[C@H]1[C@H](C=C2CCCC2)C1(C)C. The van der Waals surface area contributed by atoms with Gasteiger partial charge in [-0.1, -0.05) is 25.5 Å². The van der Waals surface area contributed by atoms with Gasteiger partial charge in [0.1, 0.15) is 0 Å². The van der Waals surface area contributed by atoms with Crippen molar-refractivity contribution in [1.29, 1.82) is 0 Å². The Kier molecular flexibility index (Phi) is 2.61. The van der Waals surface area contributed by atoms with Gasteiger partial charge in [0, 0.05) is 0 Å². The van der Waals surface area contributed by atoms with Gasteiger partial charge in [-0.05, 0) is 37.0 Å². The Balaban J connectivity index is 2.05. The number of hydrogen-bond donors (Lipinski definition) is 0. The van der Waals surface area contributed by atoms with Crippen LogP contribution in [0.4, 0.5) is 0 Å². The molecule has 2 saturated carbocycles. The monoisotopic (exact) mass is 208 g/mol. The fourth-order valence-electron chi connectivity index (χ4n) is 2.82. The summed E-state index contributed by atoms with van der Waals surface area (Å²) in [5, 5.41) is 0. The Bertz CT molecular complexity index is 294. The molecule has 2 nitrogen and oxygen atoms in total. The van der Waals surface area contributed by atoms with E-state index in [-0.39, 0.29) is 17.3 Å². The van der Waals surface area contributed by atoms with E-state index < -0.39 is 0 Å². The summed E-state index contributed by atoms with van der Waals surface area (Å²) < 4.78 is 4.84. The minimum atomic E-state index is -0.0418. The molecule has 2 atom stereocenters. The zero-order valence-electron chi connectivity index (χ0n) is 9.88. The van der Waals surface area contributed by atoms with E-state index >= 15 is 0 Å². The zero-order chi connectivity index (χ0) is 11.1. The Hall–Kier alpha value is -0.790. The van der Waals surface area contributed by atoms with Gasteiger partial charge >= 0.3 is 5.97 Å². The molecule has 2 fully saturated rings. The van der Waals surface area contributed by atoms with E-state index in [1.165, 1.54) is 32.8 Å². The second-order valence-corrected chi connectivity index (χ2v) is 5.38. The first kappa shape index (κ1) is 10.7. The van der Waals surface area contributed by atoms with E-state index in [1.807, 2.05) is 0 Å². The molecule has 0 bridgehead atoms. The molecule has 0 aliphatic heterocycles. The van der Waals surface area contributed by atoms with E-state index in [0.717, 1.165) is 0 Å². The predicted molar refractivity (Wildman–Crippen MR) is 59.3 cm³/mol. The number of esters is 1. The third-order valence-corrected chi connectivity index (χ3v) is 4.03. The summed E-state index contributed by atoms with van der Waals surface area (Å²) in [6.45, 7) is 4.32. The lowest BCUT2D eigenvalue weighted by molar-refractivity contribution is -0.143. The first-order chi connectivity index (χ1) is 7.07. The summed E-state index contributed by atoms with van der Waals surface area (Å²) in [6.07, 6.45) is 7.46. The molecular weight excluding hydrogens is 188 g/mol. The van der Waals surface area contributed by atoms with E-state index in [4.69, 9.17) is 4.74 Å². The van der Waals surface area contributed by atoms with Crippen LogP contribution in [-0.4, -0.2) is 13.1 Å². The third-order valence-electron chi connectivity index (χ3n) is 4.03. The van der Waals surface area contributed by atoms with E-state index in [1.54, 1.807) is 5.57 Å². The van der Waals surface area contributed by atoms with Crippen LogP contribution in [0, 0.1) is 17.3 Å². The molecule has 2 aliphatic rings. The number of carbonyl (C=O) groups is 1. The minimum absolute atomic E-state index is 0.0418. The lowest BCUT2D eigenvalue weighted by atomic mass is 10.1. The number of hydrogen-bond acceptors (Lipinski definition) is 2. The number of allylic oxidation sites excluding steroid dienone is 2. The van der Waals surface area contributed by atoms with Gasteiger partial charge in [0.2, 0.25) is 0 Å². The zero-order valence-corrected chi connectivity index (χ0v) is 9.88. The van der Waals surface area contributed by atoms with Gasteiger partial charge in [0.05, 0.1) is 13.0 Å². The van der Waals surface area contributed by atoms with Gasteiger partial charge in [-0.3, -0.25) is 4.79 Å². The average Bonchev–Trinajstić information content (AvgIpc) is 2.60. The van der Waals surface area contributed by atoms with Crippen molar-refractivity contribution in [1.82, 2.24) is 0 Å². The molecular formula is C13H20O2. The maximum absolute atomic E-state index is 11.5. The molecule has 0 N–H and O–H groups in total. The lowest BCUT2D eigenvalue weighted by Crippen LogP contribution is -2.07. The molecule has 2 rings (SSSR count). The van der Waals surface area contributed by atoms with Crippen molar-refractivity contribution < 1.29 is 9.53 Å². The quantitative estimate of drug-likeness (QED) is 0.515. The second kappa shape index (κ2) is 3.66. The van der Waals surface area contributed by atoms with Crippen LogP contribution in [0.25, 0.3) is 0 Å². The van der Waals surface area contributed by atoms with Crippen LogP contribution in [0.2, 0.25) is 0 Å². The summed E-state index contributed by atoms with van der Waals surface area (Å²) in [5.74, 6) is 0.466. The van der Waals surface area contributed by atoms with Crippen LogP contribution in [0.15, 0.2) is 11.6 Å². The molecule has 0 heterocycles. The highest BCUT2D eigenvalue weighted by molar-refractivity contribution is 5.78. The fraction of sp³-hybridized carbons (Fsp3) is 0.769. The van der Waals surface area contributed by atoms with Gasteiger partial charge in [0.15, 0.2) is 0 Å². The molecule has 0 saturated heterocycles. The molecule has 2 aliphatic carbocycles. The first-order valence-corrected chi connectivity index (χ1v) is 5.84. The summed E-state index contributed by atoms with van der Waals surface area (Å²) >= 11 is 0. The largest absolute Gasteiger partial charge is 0.469 e. The van der Waals surface area contributed by atoms with E-state index in [9.17, 15) is 4.79 Å². The molecule has 84 valence electrons. The number of methoxy groups -OCH3 is 1. The van der Waals surface area contributed by atoms with Crippen LogP contribution < -0.4 is 0 Å². The number of carbonyl (C=O) groups excluding carboxylic acids is 1. The van der Waals surface area contributed by atoms with Crippen LogP contribution >= 0.6 is 0 Å². The maximum Gasteiger partial charge on any atom is 0.309 e. The molecule has 0 spiro atoms. The molecule has 0 aromatic carbocycles. The van der Waals surface area contributed by atoms with Crippen molar-refractivity contribution >= 4 is 5.97 Å². The molecule has 0 unspecified atom stereocenters. The minimum Gasteiger partial charge on any atom is -0.469 e. The highest BCUT2D eigenvalue weighted by Crippen LogP contribution is 2.60. The van der Waals surface area contributed by atoms with Crippen LogP contribution in [0.1, 0.15) is 39.5 Å². The highest BCUT2D eigenvalue weighted by atomic mass is 16.5. The Morgan fingerprint density at radius 1 is 1.40 bits per heavy atom. The first-order valence-electron chi connectivity index (χ1n) is 5.84. The maximum atomic E-state index is 11.5. The number of ether oxygens (including phenoxy) is 1. The van der Waals surface area contributed by atoms with Crippen molar-refractivity contribution in [3.63, 3.8) is 0 Å². The fourth-order valence-corrected chi connectivity index (χ4v) is 2.82. The van der Waals surface area contributed by atoms with E-state index in [2.05, 4.69) is 19.9 Å². The lowest BCUT2D eigenvalue weighted by Gasteiger charge is -1.99. The van der Waals surface area contributed by atoms with Crippen LogP contribution in [0.3, 0.4) is 0 Å². The van der Waals surface area contributed by atoms with Gasteiger partial charge in [0.25, 0.3) is 0 Å². The average molecular weight is 208 g/mol. The predicted octanol–water partition coefficient (Wildman–Crippen LogP) is 2.93. The van der Waals surface area contributed by atoms with Crippen molar-refractivity contribution in [2.45, 2.75) is 39.5 Å². The standard InChI is InChI=1S/C13H20O2/c1-13(2)10(11(13)12(14)15-3)8-9-6-4-5-7-9/h8,10-11H,4-7H2,1-3H3/t10-,11+/m0/s1. The molecule has 0 radical (unpaired) electrons. The molecule has 0 amide bonds. The van der Waals surface area contributed by atoms with Crippen molar-refractivity contribution in [3.8, 4) is 0 Å². The molecule has 2 heteroatoms. The summed E-state index contributed by atoms with van der Waals surface area (Å²) in [7, 11) is 1.48. The third kappa shape index (κ3) is 1.82. The van der Waals surface area contributed by atoms with Crippen molar-refractivity contribution in [2.75, 3.05) is 7.11 Å². The Labute approximate surface area is 91.7 Å². The summed E-state index contributed by atoms with van der Waals surface area (Å²) in [6, 6.07) is 0. The van der Waals surface area contributed by atoms with Gasteiger partial charge < -0.3 is 4.74 Å². The van der Waals surface area contributed by atoms with Gasteiger partial charge in [-0.15, -0.1) is 0 Å². The van der Waals surface area contributed by atoms with Crippen molar-refractivity contribution in [2.24, 2.45) is 17.3 Å². The molecule has 0 aromatic rings. The summed E-state index contributed by atoms with van der Waals surface area (Å²) in [4.78, 5) is 11.5. The molecule has 0 aromatic heterocycles. The van der Waals surface area contributed by atoms with Crippen LogP contribution in [-0.2, 0) is 9.53 Å². The summed E-state index contributed by atoms with van der Waals surface area (Å²) in [5.41, 5.74) is 1.67. The van der Waals surface area contributed by atoms with Gasteiger partial charge in [-0.25, -0.2) is 0 Å². The molecule has 15 heavy (non-hydrogen) atoms. The van der Waals surface area contributed by atoms with Gasteiger partial charge in [-0.2, -0.15) is 0 Å². The smallest absolute Gasteiger partial charge is 0.309 e. The highest BCUT2D eigenvalue weighted by Gasteiger charge is 2.61. The van der Waals surface area contributed by atoms with Crippen LogP contribution in [0.5, 0.6) is 0 Å².